The Morgan fingerprint density at radius 3 is 2.43 bits per heavy atom. The van der Waals surface area contributed by atoms with Crippen LogP contribution in [0.15, 0.2) is 12.2 Å². The first-order valence-electron chi connectivity index (χ1n) is 4.61. The molecule has 1 amide bonds. The van der Waals surface area contributed by atoms with Gasteiger partial charge < -0.3 is 10.1 Å². The Morgan fingerprint density at radius 1 is 1.29 bits per heavy atom. The van der Waals surface area contributed by atoms with Gasteiger partial charge in [0.2, 0.25) is 5.91 Å². The van der Waals surface area contributed by atoms with Crippen molar-refractivity contribution >= 4 is 11.9 Å². The molecule has 4 heteroatoms. The minimum Gasteiger partial charge on any atom is -0.466 e. The van der Waals surface area contributed by atoms with Crippen molar-refractivity contribution in [3.63, 3.8) is 0 Å². The molecule has 0 spiro atoms. The fourth-order valence-electron chi connectivity index (χ4n) is 0.796. The number of rotatable bonds is 6. The van der Waals surface area contributed by atoms with E-state index in [1.54, 1.807) is 6.92 Å². The lowest BCUT2D eigenvalue weighted by Crippen LogP contribution is -2.24. The number of carbonyl (C=O) groups excluding carboxylic acids is 2. The molecule has 80 valence electrons. The predicted molar refractivity (Wildman–Crippen MR) is 53.7 cm³/mol. The van der Waals surface area contributed by atoms with Crippen LogP contribution in [-0.2, 0) is 14.3 Å². The van der Waals surface area contributed by atoms with Gasteiger partial charge in [-0.2, -0.15) is 0 Å². The van der Waals surface area contributed by atoms with Gasteiger partial charge in [0.05, 0.1) is 6.61 Å². The van der Waals surface area contributed by atoms with E-state index in [9.17, 15) is 9.59 Å². The van der Waals surface area contributed by atoms with Crippen molar-refractivity contribution in [3.8, 4) is 0 Å². The van der Waals surface area contributed by atoms with Crippen LogP contribution in [0.5, 0.6) is 0 Å². The molecular formula is C10H17NO3. The Kier molecular flexibility index (Phi) is 6.45. The van der Waals surface area contributed by atoms with Crippen LogP contribution in [0, 0.1) is 0 Å². The van der Waals surface area contributed by atoms with Crippen molar-refractivity contribution in [3.05, 3.63) is 12.2 Å². The lowest BCUT2D eigenvalue weighted by Gasteiger charge is -2.04. The van der Waals surface area contributed by atoms with Crippen LogP contribution in [0.3, 0.4) is 0 Å². The summed E-state index contributed by atoms with van der Waals surface area (Å²) in [7, 11) is 0. The predicted octanol–water partition coefficient (Wildman–Crippen LogP) is 1.02. The molecule has 0 aromatic carbocycles. The van der Waals surface area contributed by atoms with Crippen LogP contribution in [0.25, 0.3) is 0 Å². The van der Waals surface area contributed by atoms with E-state index in [-0.39, 0.29) is 11.9 Å². The van der Waals surface area contributed by atoms with E-state index >= 15 is 0 Å². The Bertz CT molecular complexity index is 223. The number of ether oxygens (including phenoxy) is 1. The van der Waals surface area contributed by atoms with Gasteiger partial charge in [0.1, 0.15) is 0 Å². The van der Waals surface area contributed by atoms with Gasteiger partial charge in [0, 0.05) is 19.0 Å². The normalized spacial score (nSPS) is 9.29. The molecule has 0 aromatic heterocycles. The van der Waals surface area contributed by atoms with E-state index in [0.717, 1.165) is 12.8 Å². The van der Waals surface area contributed by atoms with E-state index in [1.807, 2.05) is 0 Å². The van der Waals surface area contributed by atoms with Crippen LogP contribution in [0.1, 0.15) is 26.7 Å². The monoisotopic (exact) mass is 199 g/mol. The first-order chi connectivity index (χ1) is 6.54. The van der Waals surface area contributed by atoms with E-state index < -0.39 is 0 Å². The van der Waals surface area contributed by atoms with Crippen LogP contribution in [-0.4, -0.2) is 25.0 Å². The quantitative estimate of drug-likeness (QED) is 0.395. The fourth-order valence-corrected chi connectivity index (χ4v) is 0.796. The summed E-state index contributed by atoms with van der Waals surface area (Å²) >= 11 is 0. The fraction of sp³-hybridized carbons (Fsp3) is 0.600. The molecule has 0 aliphatic carbocycles. The number of hydrogen-bond donors (Lipinski definition) is 1. The van der Waals surface area contributed by atoms with Gasteiger partial charge in [-0.1, -0.05) is 6.58 Å². The Balaban J connectivity index is 3.26. The van der Waals surface area contributed by atoms with Gasteiger partial charge in [-0.3, -0.25) is 9.59 Å². The molecule has 0 radical (unpaired) electrons. The van der Waals surface area contributed by atoms with Crippen molar-refractivity contribution in [2.45, 2.75) is 26.7 Å². The summed E-state index contributed by atoms with van der Waals surface area (Å²) in [6.07, 6.45) is 1.56. The minimum atomic E-state index is -0.268. The lowest BCUT2D eigenvalue weighted by atomic mass is 10.3. The first-order valence-corrected chi connectivity index (χ1v) is 4.61. The van der Waals surface area contributed by atoms with Crippen LogP contribution in [0.4, 0.5) is 0 Å². The average molecular weight is 199 g/mol. The topological polar surface area (TPSA) is 55.4 Å². The van der Waals surface area contributed by atoms with Crippen LogP contribution >= 0.6 is 0 Å². The molecule has 0 aliphatic heterocycles. The maximum absolute atomic E-state index is 11.0. The second-order valence-corrected chi connectivity index (χ2v) is 3.08. The smallest absolute Gasteiger partial charge is 0.302 e. The van der Waals surface area contributed by atoms with E-state index in [1.165, 1.54) is 6.92 Å². The third kappa shape index (κ3) is 7.34. The molecule has 0 bridgehead atoms. The zero-order valence-corrected chi connectivity index (χ0v) is 8.76. The number of unbranched alkanes of at least 4 members (excludes halogenated alkanes) is 1. The van der Waals surface area contributed by atoms with E-state index in [0.29, 0.717) is 18.7 Å². The van der Waals surface area contributed by atoms with Gasteiger partial charge in [-0.25, -0.2) is 0 Å². The number of amides is 1. The molecule has 0 saturated carbocycles. The maximum Gasteiger partial charge on any atom is 0.302 e. The Hall–Kier alpha value is -1.32. The molecule has 0 unspecified atom stereocenters. The standard InChI is InChI=1S/C10H17NO3/c1-8(2)10(13)11-6-4-5-7-14-9(3)12/h1,4-7H2,2-3H3,(H,11,13). The number of nitrogens with one attached hydrogen (secondary N) is 1. The highest BCUT2D eigenvalue weighted by atomic mass is 16.5. The van der Waals surface area contributed by atoms with Crippen LogP contribution < -0.4 is 5.32 Å². The SMILES string of the molecule is C=C(C)C(=O)NCCCCOC(C)=O. The van der Waals surface area contributed by atoms with Gasteiger partial charge in [-0.05, 0) is 19.8 Å². The van der Waals surface area contributed by atoms with Gasteiger partial charge >= 0.3 is 5.97 Å². The number of hydrogen-bond acceptors (Lipinski definition) is 3. The molecule has 0 aliphatic rings. The molecule has 0 aromatic rings. The van der Waals surface area contributed by atoms with Crippen molar-refractivity contribution in [2.24, 2.45) is 0 Å². The zero-order valence-electron chi connectivity index (χ0n) is 8.76. The summed E-state index contributed by atoms with van der Waals surface area (Å²) in [5, 5.41) is 2.69. The summed E-state index contributed by atoms with van der Waals surface area (Å²) in [5.41, 5.74) is 0.505. The Morgan fingerprint density at radius 2 is 1.93 bits per heavy atom. The van der Waals surface area contributed by atoms with E-state index in [4.69, 9.17) is 4.74 Å². The lowest BCUT2D eigenvalue weighted by molar-refractivity contribution is -0.141. The molecule has 0 saturated heterocycles. The molecule has 0 rings (SSSR count). The van der Waals surface area contributed by atoms with Crippen LogP contribution in [0.2, 0.25) is 0 Å². The Labute approximate surface area is 84.3 Å². The van der Waals surface area contributed by atoms with Gasteiger partial charge in [-0.15, -0.1) is 0 Å². The molecule has 14 heavy (non-hydrogen) atoms. The van der Waals surface area contributed by atoms with Gasteiger partial charge in [0.15, 0.2) is 0 Å². The number of carbonyl (C=O) groups is 2. The highest BCUT2D eigenvalue weighted by Crippen LogP contribution is 1.91. The van der Waals surface area contributed by atoms with Crippen molar-refractivity contribution in [1.82, 2.24) is 5.32 Å². The molecule has 1 N–H and O–H groups in total. The molecule has 4 nitrogen and oxygen atoms in total. The van der Waals surface area contributed by atoms with Crippen molar-refractivity contribution in [1.29, 1.82) is 0 Å². The summed E-state index contributed by atoms with van der Waals surface area (Å²) in [5.74, 6) is -0.395. The number of esters is 1. The summed E-state index contributed by atoms with van der Waals surface area (Å²) in [6, 6.07) is 0. The minimum absolute atomic E-state index is 0.127. The first kappa shape index (κ1) is 12.7. The van der Waals surface area contributed by atoms with Crippen molar-refractivity contribution < 1.29 is 14.3 Å². The highest BCUT2D eigenvalue weighted by Gasteiger charge is 1.99. The second kappa shape index (κ2) is 7.12. The maximum atomic E-state index is 11.0. The molecular weight excluding hydrogens is 182 g/mol. The third-order valence-corrected chi connectivity index (χ3v) is 1.55. The highest BCUT2D eigenvalue weighted by molar-refractivity contribution is 5.91. The summed E-state index contributed by atoms with van der Waals surface area (Å²) < 4.78 is 4.73. The molecule has 0 heterocycles. The largest absolute Gasteiger partial charge is 0.466 e. The average Bonchev–Trinajstić information content (AvgIpc) is 2.09. The molecule has 0 fully saturated rings. The third-order valence-electron chi connectivity index (χ3n) is 1.55. The summed E-state index contributed by atoms with van der Waals surface area (Å²) in [4.78, 5) is 21.4. The zero-order chi connectivity index (χ0) is 11.0. The van der Waals surface area contributed by atoms with Gasteiger partial charge in [0.25, 0.3) is 0 Å². The van der Waals surface area contributed by atoms with E-state index in [2.05, 4.69) is 11.9 Å². The van der Waals surface area contributed by atoms with Crippen molar-refractivity contribution in [2.75, 3.05) is 13.2 Å². The summed E-state index contributed by atoms with van der Waals surface area (Å²) in [6.45, 7) is 7.56. The molecule has 0 atom stereocenters. The second-order valence-electron chi connectivity index (χ2n) is 3.08.